The fourth-order valence-corrected chi connectivity index (χ4v) is 3.25. The van der Waals surface area contributed by atoms with Crippen LogP contribution in [0, 0.1) is 5.92 Å². The zero-order chi connectivity index (χ0) is 18.6. The van der Waals surface area contributed by atoms with Crippen LogP contribution in [0.5, 0.6) is 0 Å². The van der Waals surface area contributed by atoms with E-state index >= 15 is 0 Å². The molecule has 2 N–H and O–H groups in total. The van der Waals surface area contributed by atoms with Gasteiger partial charge in [0, 0.05) is 23.2 Å². The average Bonchev–Trinajstić information content (AvgIpc) is 2.93. The van der Waals surface area contributed by atoms with E-state index in [-0.39, 0.29) is 29.0 Å². The molecule has 1 aromatic carbocycles. The minimum absolute atomic E-state index is 0.0250. The average molecular weight is 381 g/mol. The van der Waals surface area contributed by atoms with Crippen molar-refractivity contribution >= 4 is 43.8 Å². The topological polar surface area (TPSA) is 105 Å². The Morgan fingerprint density at radius 3 is 2.60 bits per heavy atom. The molecule has 25 heavy (non-hydrogen) atoms. The van der Waals surface area contributed by atoms with Gasteiger partial charge in [0.2, 0.25) is 11.8 Å². The number of rotatable bonds is 6. The Balaban J connectivity index is 1.99. The standard InChI is InChI=1S/C16H19N3O4S2/c1-10(2)15(21)19-16-18-12(9-24-16)8-14(20)17-11-5-4-6-13(7-11)25(3,22)23/h4-7,9-10H,8H2,1-3H3,(H,17,20)(H,18,19,21). The summed E-state index contributed by atoms with van der Waals surface area (Å²) in [6, 6.07) is 6.05. The molecule has 0 spiro atoms. The van der Waals surface area contributed by atoms with E-state index in [9.17, 15) is 18.0 Å². The Morgan fingerprint density at radius 1 is 1.24 bits per heavy atom. The van der Waals surface area contributed by atoms with E-state index in [1.54, 1.807) is 31.4 Å². The lowest BCUT2D eigenvalue weighted by Gasteiger charge is -2.06. The van der Waals surface area contributed by atoms with Crippen LogP contribution in [-0.4, -0.2) is 31.5 Å². The molecule has 0 fully saturated rings. The SMILES string of the molecule is CC(C)C(=O)Nc1nc(CC(=O)Nc2cccc(S(C)(=O)=O)c2)cs1. The molecule has 2 amide bonds. The van der Waals surface area contributed by atoms with Gasteiger partial charge in [0.1, 0.15) is 0 Å². The number of carbonyl (C=O) groups excluding carboxylic acids is 2. The van der Waals surface area contributed by atoms with Crippen molar-refractivity contribution in [1.29, 1.82) is 0 Å². The summed E-state index contributed by atoms with van der Waals surface area (Å²) in [6.07, 6.45) is 1.13. The van der Waals surface area contributed by atoms with Crippen LogP contribution in [0.2, 0.25) is 0 Å². The Hall–Kier alpha value is -2.26. The number of hydrogen-bond donors (Lipinski definition) is 2. The van der Waals surface area contributed by atoms with Crippen LogP contribution >= 0.6 is 11.3 Å². The van der Waals surface area contributed by atoms with Gasteiger partial charge in [-0.15, -0.1) is 11.3 Å². The first-order valence-corrected chi connectivity index (χ1v) is 10.3. The number of benzene rings is 1. The maximum Gasteiger partial charge on any atom is 0.230 e. The first-order chi connectivity index (χ1) is 11.6. The van der Waals surface area contributed by atoms with Gasteiger partial charge in [-0.05, 0) is 18.2 Å². The number of nitrogens with one attached hydrogen (secondary N) is 2. The molecule has 7 nitrogen and oxygen atoms in total. The fraction of sp³-hybridized carbons (Fsp3) is 0.312. The van der Waals surface area contributed by atoms with Gasteiger partial charge in [0.05, 0.1) is 17.0 Å². The van der Waals surface area contributed by atoms with Crippen molar-refractivity contribution in [2.24, 2.45) is 5.92 Å². The summed E-state index contributed by atoms with van der Waals surface area (Å²) in [5, 5.41) is 7.47. The van der Waals surface area contributed by atoms with Gasteiger partial charge in [-0.2, -0.15) is 0 Å². The lowest BCUT2D eigenvalue weighted by molar-refractivity contribution is -0.119. The van der Waals surface area contributed by atoms with Crippen molar-refractivity contribution in [3.8, 4) is 0 Å². The van der Waals surface area contributed by atoms with Crippen molar-refractivity contribution in [3.05, 3.63) is 35.3 Å². The summed E-state index contributed by atoms with van der Waals surface area (Å²) >= 11 is 1.25. The summed E-state index contributed by atoms with van der Waals surface area (Å²) in [7, 11) is -3.34. The summed E-state index contributed by atoms with van der Waals surface area (Å²) in [5.74, 6) is -0.613. The van der Waals surface area contributed by atoms with Crippen molar-refractivity contribution in [3.63, 3.8) is 0 Å². The van der Waals surface area contributed by atoms with Crippen molar-refractivity contribution < 1.29 is 18.0 Å². The second-order valence-corrected chi connectivity index (χ2v) is 8.69. The molecule has 0 aliphatic carbocycles. The highest BCUT2D eigenvalue weighted by molar-refractivity contribution is 7.90. The number of sulfone groups is 1. The van der Waals surface area contributed by atoms with Gasteiger partial charge in [-0.3, -0.25) is 9.59 Å². The van der Waals surface area contributed by atoms with E-state index in [0.29, 0.717) is 16.5 Å². The highest BCUT2D eigenvalue weighted by Crippen LogP contribution is 2.18. The summed E-state index contributed by atoms with van der Waals surface area (Å²) in [6.45, 7) is 3.56. The predicted molar refractivity (Wildman–Crippen MR) is 97.5 cm³/mol. The minimum Gasteiger partial charge on any atom is -0.326 e. The van der Waals surface area contributed by atoms with Gasteiger partial charge in [-0.1, -0.05) is 19.9 Å². The van der Waals surface area contributed by atoms with E-state index in [4.69, 9.17) is 0 Å². The zero-order valence-electron chi connectivity index (χ0n) is 14.1. The molecule has 0 atom stereocenters. The number of amides is 2. The smallest absolute Gasteiger partial charge is 0.230 e. The van der Waals surface area contributed by atoms with Crippen LogP contribution in [0.25, 0.3) is 0 Å². The third-order valence-electron chi connectivity index (χ3n) is 3.19. The van der Waals surface area contributed by atoms with Crippen molar-refractivity contribution in [2.75, 3.05) is 16.9 Å². The Morgan fingerprint density at radius 2 is 1.96 bits per heavy atom. The summed E-state index contributed by atoms with van der Waals surface area (Å²) < 4.78 is 23.1. The van der Waals surface area contributed by atoms with Crippen LogP contribution in [0.3, 0.4) is 0 Å². The van der Waals surface area contributed by atoms with E-state index in [2.05, 4.69) is 15.6 Å². The van der Waals surface area contributed by atoms with Crippen molar-refractivity contribution in [1.82, 2.24) is 4.98 Å². The third-order valence-corrected chi connectivity index (χ3v) is 5.11. The maximum absolute atomic E-state index is 12.1. The molecule has 0 saturated carbocycles. The van der Waals surface area contributed by atoms with E-state index in [1.165, 1.54) is 23.5 Å². The fourth-order valence-electron chi connectivity index (χ4n) is 1.87. The van der Waals surface area contributed by atoms with Gasteiger partial charge in [0.15, 0.2) is 15.0 Å². The lowest BCUT2D eigenvalue weighted by atomic mass is 10.2. The lowest BCUT2D eigenvalue weighted by Crippen LogP contribution is -2.18. The van der Waals surface area contributed by atoms with Gasteiger partial charge < -0.3 is 10.6 Å². The predicted octanol–water partition coefficient (Wildman–Crippen LogP) is 2.32. The second-order valence-electron chi connectivity index (χ2n) is 5.81. The molecule has 0 saturated heterocycles. The molecular formula is C16H19N3O4S2. The molecule has 0 unspecified atom stereocenters. The number of carbonyl (C=O) groups is 2. The molecule has 0 aliphatic heterocycles. The quantitative estimate of drug-likeness (QED) is 0.799. The Bertz CT molecular complexity index is 888. The molecule has 0 radical (unpaired) electrons. The number of anilines is 2. The first-order valence-electron chi connectivity index (χ1n) is 7.50. The van der Waals surface area contributed by atoms with Crippen LogP contribution < -0.4 is 10.6 Å². The molecule has 2 rings (SSSR count). The van der Waals surface area contributed by atoms with Gasteiger partial charge in [-0.25, -0.2) is 13.4 Å². The maximum atomic E-state index is 12.1. The van der Waals surface area contributed by atoms with E-state index < -0.39 is 9.84 Å². The van der Waals surface area contributed by atoms with Crippen molar-refractivity contribution in [2.45, 2.75) is 25.2 Å². The van der Waals surface area contributed by atoms with Gasteiger partial charge >= 0.3 is 0 Å². The molecule has 134 valence electrons. The molecule has 1 aromatic heterocycles. The molecular weight excluding hydrogens is 362 g/mol. The zero-order valence-corrected chi connectivity index (χ0v) is 15.7. The highest BCUT2D eigenvalue weighted by Gasteiger charge is 2.13. The third kappa shape index (κ3) is 5.64. The van der Waals surface area contributed by atoms with Crippen LogP contribution in [0.1, 0.15) is 19.5 Å². The number of thiazole rings is 1. The number of hydrogen-bond acceptors (Lipinski definition) is 6. The first kappa shape index (κ1) is 19.1. The van der Waals surface area contributed by atoms with Crippen LogP contribution in [0.4, 0.5) is 10.8 Å². The number of nitrogens with zero attached hydrogens (tertiary/aromatic N) is 1. The minimum atomic E-state index is -3.34. The summed E-state index contributed by atoms with van der Waals surface area (Å²) in [4.78, 5) is 28.1. The Kier molecular flexibility index (Phi) is 5.91. The second kappa shape index (κ2) is 7.75. The van der Waals surface area contributed by atoms with Gasteiger partial charge in [0.25, 0.3) is 0 Å². The molecule has 1 heterocycles. The summed E-state index contributed by atoms with van der Waals surface area (Å²) in [5.41, 5.74) is 0.928. The monoisotopic (exact) mass is 381 g/mol. The Labute approximate surface area is 150 Å². The molecule has 2 aromatic rings. The highest BCUT2D eigenvalue weighted by atomic mass is 32.2. The molecule has 9 heteroatoms. The molecule has 0 bridgehead atoms. The van der Waals surface area contributed by atoms with E-state index in [0.717, 1.165) is 6.26 Å². The van der Waals surface area contributed by atoms with Crippen LogP contribution in [0.15, 0.2) is 34.5 Å². The normalized spacial score (nSPS) is 11.4. The largest absolute Gasteiger partial charge is 0.326 e. The van der Waals surface area contributed by atoms with Crippen LogP contribution in [-0.2, 0) is 25.8 Å². The van der Waals surface area contributed by atoms with E-state index in [1.807, 2.05) is 0 Å². The molecule has 0 aliphatic rings. The number of aromatic nitrogens is 1.